The Morgan fingerprint density at radius 3 is 2.71 bits per heavy atom. The van der Waals surface area contributed by atoms with Gasteiger partial charge in [-0.3, -0.25) is 0 Å². The van der Waals surface area contributed by atoms with Crippen LogP contribution in [0.4, 0.5) is 0 Å². The smallest absolute Gasteiger partial charge is 0.168 e. The van der Waals surface area contributed by atoms with Crippen molar-refractivity contribution >= 4 is 17.3 Å². The van der Waals surface area contributed by atoms with Crippen molar-refractivity contribution in [3.63, 3.8) is 0 Å². The molecule has 4 heteroatoms. The van der Waals surface area contributed by atoms with E-state index in [0.717, 1.165) is 12.8 Å². The van der Waals surface area contributed by atoms with Crippen LogP contribution in [0, 0.1) is 0 Å². The molecule has 1 aliphatic rings. The van der Waals surface area contributed by atoms with Crippen molar-refractivity contribution in [2.24, 2.45) is 0 Å². The highest BCUT2D eigenvalue weighted by Crippen LogP contribution is 2.30. The van der Waals surface area contributed by atoms with E-state index in [1.165, 1.54) is 5.56 Å². The molecule has 0 radical (unpaired) electrons. The van der Waals surface area contributed by atoms with Crippen LogP contribution in [0.2, 0.25) is 0 Å². The summed E-state index contributed by atoms with van der Waals surface area (Å²) in [5.74, 6) is 0. The fourth-order valence-electron chi connectivity index (χ4n) is 2.23. The Kier molecular flexibility index (Phi) is 3.64. The summed E-state index contributed by atoms with van der Waals surface area (Å²) in [6.07, 6.45) is 1.75. The molecular weight excluding hydrogens is 232 g/mol. The van der Waals surface area contributed by atoms with E-state index in [0.29, 0.717) is 5.11 Å². The Morgan fingerprint density at radius 2 is 2.12 bits per heavy atom. The van der Waals surface area contributed by atoms with Gasteiger partial charge in [0.25, 0.3) is 0 Å². The quantitative estimate of drug-likeness (QED) is 0.807. The molecule has 1 aromatic carbocycles. The molecule has 0 spiro atoms. The average molecular weight is 250 g/mol. The molecule has 1 fully saturated rings. The summed E-state index contributed by atoms with van der Waals surface area (Å²) in [6.45, 7) is 2.10. The lowest BCUT2D eigenvalue weighted by molar-refractivity contribution is -0.0473. The molecule has 92 valence electrons. The first-order valence-corrected chi connectivity index (χ1v) is 6.29. The maximum atomic E-state index is 5.61. The predicted octanol–water partition coefficient (Wildman–Crippen LogP) is 2.35. The van der Waals surface area contributed by atoms with E-state index in [1.807, 2.05) is 18.2 Å². The highest BCUT2D eigenvalue weighted by Gasteiger charge is 2.36. The Bertz CT molecular complexity index is 390. The third kappa shape index (κ3) is 2.58. The maximum Gasteiger partial charge on any atom is 0.168 e. The molecule has 0 unspecified atom stereocenters. The zero-order chi connectivity index (χ0) is 12.3. The lowest BCUT2D eigenvalue weighted by Gasteiger charge is -2.42. The van der Waals surface area contributed by atoms with Gasteiger partial charge in [-0.05, 0) is 24.2 Å². The zero-order valence-corrected chi connectivity index (χ0v) is 11.0. The summed E-state index contributed by atoms with van der Waals surface area (Å²) in [6, 6.07) is 10.5. The lowest BCUT2D eigenvalue weighted by Crippen LogP contribution is -2.59. The van der Waals surface area contributed by atoms with Gasteiger partial charge in [-0.25, -0.2) is 0 Å². The van der Waals surface area contributed by atoms with Crippen LogP contribution in [0.5, 0.6) is 0 Å². The van der Waals surface area contributed by atoms with Crippen LogP contribution in [-0.2, 0) is 4.74 Å². The van der Waals surface area contributed by atoms with Crippen LogP contribution < -0.4 is 10.6 Å². The highest BCUT2D eigenvalue weighted by atomic mass is 32.1. The standard InChI is InChI=1S/C13H18N2OS/c1-3-13(16-2)9-11(14-12(17)15-13)10-7-5-4-6-8-10/h4-8,11H,3,9H2,1-2H3,(H2,14,15,17)/t11-,13-/m1/s1. The molecule has 1 heterocycles. The SMILES string of the molecule is CC[C@@]1(OC)C[C@H](c2ccccc2)NC(=S)N1. The second-order valence-electron chi connectivity index (χ2n) is 4.32. The summed E-state index contributed by atoms with van der Waals surface area (Å²) in [7, 11) is 1.73. The van der Waals surface area contributed by atoms with Crippen LogP contribution >= 0.6 is 12.2 Å². The minimum atomic E-state index is -0.344. The number of ether oxygens (including phenoxy) is 1. The fraction of sp³-hybridized carbons (Fsp3) is 0.462. The van der Waals surface area contributed by atoms with Gasteiger partial charge in [0, 0.05) is 13.5 Å². The van der Waals surface area contributed by atoms with Gasteiger partial charge >= 0.3 is 0 Å². The summed E-state index contributed by atoms with van der Waals surface area (Å²) >= 11 is 5.26. The van der Waals surface area contributed by atoms with Crippen molar-refractivity contribution < 1.29 is 4.74 Å². The van der Waals surface area contributed by atoms with E-state index >= 15 is 0 Å². The fourth-order valence-corrected chi connectivity index (χ4v) is 2.56. The van der Waals surface area contributed by atoms with E-state index in [2.05, 4.69) is 29.7 Å². The van der Waals surface area contributed by atoms with Gasteiger partial charge in [0.2, 0.25) is 0 Å². The van der Waals surface area contributed by atoms with Crippen LogP contribution in [0.15, 0.2) is 30.3 Å². The molecule has 0 aromatic heterocycles. The van der Waals surface area contributed by atoms with Crippen molar-refractivity contribution in [1.29, 1.82) is 0 Å². The van der Waals surface area contributed by atoms with Crippen LogP contribution in [0.3, 0.4) is 0 Å². The minimum Gasteiger partial charge on any atom is -0.359 e. The van der Waals surface area contributed by atoms with E-state index in [9.17, 15) is 0 Å². The number of methoxy groups -OCH3 is 1. The lowest BCUT2D eigenvalue weighted by atomic mass is 9.93. The molecular formula is C13H18N2OS. The minimum absolute atomic E-state index is 0.213. The Labute approximate surface area is 108 Å². The van der Waals surface area contributed by atoms with E-state index in [4.69, 9.17) is 17.0 Å². The van der Waals surface area contributed by atoms with Crippen LogP contribution in [-0.4, -0.2) is 17.9 Å². The monoisotopic (exact) mass is 250 g/mol. The number of nitrogens with one attached hydrogen (secondary N) is 2. The zero-order valence-electron chi connectivity index (χ0n) is 10.2. The largest absolute Gasteiger partial charge is 0.359 e. The number of benzene rings is 1. The molecule has 1 aromatic rings. The van der Waals surface area contributed by atoms with Gasteiger partial charge < -0.3 is 15.4 Å². The predicted molar refractivity (Wildman–Crippen MR) is 72.7 cm³/mol. The molecule has 2 atom stereocenters. The van der Waals surface area contributed by atoms with Gasteiger partial charge in [0.15, 0.2) is 5.11 Å². The topological polar surface area (TPSA) is 33.3 Å². The number of thiocarbonyl (C=S) groups is 1. The molecule has 2 N–H and O–H groups in total. The average Bonchev–Trinajstić information content (AvgIpc) is 2.39. The van der Waals surface area contributed by atoms with Gasteiger partial charge in [0.1, 0.15) is 5.72 Å². The van der Waals surface area contributed by atoms with Crippen molar-refractivity contribution in [3.8, 4) is 0 Å². The molecule has 0 bridgehead atoms. The number of rotatable bonds is 3. The summed E-state index contributed by atoms with van der Waals surface area (Å²) in [5.41, 5.74) is 0.897. The molecule has 0 aliphatic carbocycles. The summed E-state index contributed by atoms with van der Waals surface area (Å²) in [5, 5.41) is 7.18. The van der Waals surface area contributed by atoms with Crippen molar-refractivity contribution in [2.75, 3.05) is 7.11 Å². The Morgan fingerprint density at radius 1 is 1.41 bits per heavy atom. The van der Waals surface area contributed by atoms with Gasteiger partial charge in [-0.15, -0.1) is 0 Å². The molecule has 2 rings (SSSR count). The van der Waals surface area contributed by atoms with Crippen molar-refractivity contribution in [2.45, 2.75) is 31.5 Å². The second kappa shape index (κ2) is 5.02. The van der Waals surface area contributed by atoms with Crippen LogP contribution in [0.1, 0.15) is 31.4 Å². The second-order valence-corrected chi connectivity index (χ2v) is 4.73. The van der Waals surface area contributed by atoms with Gasteiger partial charge in [0.05, 0.1) is 6.04 Å². The van der Waals surface area contributed by atoms with Crippen molar-refractivity contribution in [1.82, 2.24) is 10.6 Å². The molecule has 1 saturated heterocycles. The van der Waals surface area contributed by atoms with Crippen molar-refractivity contribution in [3.05, 3.63) is 35.9 Å². The third-order valence-corrected chi connectivity index (χ3v) is 3.56. The van der Waals surface area contributed by atoms with E-state index in [1.54, 1.807) is 7.11 Å². The normalized spacial score (nSPS) is 28.4. The molecule has 3 nitrogen and oxygen atoms in total. The van der Waals surface area contributed by atoms with E-state index in [-0.39, 0.29) is 11.8 Å². The number of hydrogen-bond donors (Lipinski definition) is 2. The molecule has 0 amide bonds. The first-order valence-electron chi connectivity index (χ1n) is 5.88. The highest BCUT2D eigenvalue weighted by molar-refractivity contribution is 7.80. The summed E-state index contributed by atoms with van der Waals surface area (Å²) < 4.78 is 5.61. The Balaban J connectivity index is 2.22. The third-order valence-electron chi connectivity index (χ3n) is 3.34. The molecule has 17 heavy (non-hydrogen) atoms. The number of hydrogen-bond acceptors (Lipinski definition) is 2. The summed E-state index contributed by atoms with van der Waals surface area (Å²) in [4.78, 5) is 0. The van der Waals surface area contributed by atoms with Crippen LogP contribution in [0.25, 0.3) is 0 Å². The van der Waals surface area contributed by atoms with Gasteiger partial charge in [-0.1, -0.05) is 37.3 Å². The van der Waals surface area contributed by atoms with E-state index < -0.39 is 0 Å². The Hall–Kier alpha value is -1.13. The maximum absolute atomic E-state index is 5.61. The molecule has 0 saturated carbocycles. The van der Waals surface area contributed by atoms with Gasteiger partial charge in [-0.2, -0.15) is 0 Å². The first-order chi connectivity index (χ1) is 8.19. The molecule has 1 aliphatic heterocycles. The first kappa shape index (κ1) is 12.3.